The zero-order valence-corrected chi connectivity index (χ0v) is 10.2. The molecule has 1 rings (SSSR count). The van der Waals surface area contributed by atoms with Crippen LogP contribution in [0.5, 0.6) is 0 Å². The number of rotatable bonds is 5. The Kier molecular flexibility index (Phi) is 4.96. The number of pyridine rings is 1. The molecule has 1 amide bonds. The van der Waals surface area contributed by atoms with E-state index in [1.54, 1.807) is 6.20 Å². The van der Waals surface area contributed by atoms with Gasteiger partial charge in [0, 0.05) is 24.9 Å². The molecular formula is C13H20N2O. The average molecular weight is 220 g/mol. The van der Waals surface area contributed by atoms with Crippen molar-refractivity contribution in [1.29, 1.82) is 0 Å². The van der Waals surface area contributed by atoms with E-state index >= 15 is 0 Å². The third-order valence-electron chi connectivity index (χ3n) is 2.76. The summed E-state index contributed by atoms with van der Waals surface area (Å²) < 4.78 is 0. The van der Waals surface area contributed by atoms with Crippen LogP contribution < -0.4 is 5.32 Å². The molecule has 1 aromatic rings. The molecule has 88 valence electrons. The molecule has 0 bridgehead atoms. The minimum absolute atomic E-state index is 0.116. The van der Waals surface area contributed by atoms with E-state index in [1.165, 1.54) is 0 Å². The molecule has 0 saturated heterocycles. The van der Waals surface area contributed by atoms with Crippen molar-refractivity contribution < 1.29 is 4.79 Å². The van der Waals surface area contributed by atoms with E-state index in [0.29, 0.717) is 6.42 Å². The summed E-state index contributed by atoms with van der Waals surface area (Å²) in [5, 5.41) is 2.97. The molecule has 0 aliphatic carbocycles. The highest BCUT2D eigenvalue weighted by Crippen LogP contribution is 2.17. The van der Waals surface area contributed by atoms with Gasteiger partial charge in [-0.25, -0.2) is 0 Å². The second-order valence-electron chi connectivity index (χ2n) is 4.27. The van der Waals surface area contributed by atoms with Gasteiger partial charge >= 0.3 is 0 Å². The number of nitrogens with zero attached hydrogens (tertiary/aromatic N) is 1. The van der Waals surface area contributed by atoms with E-state index in [1.807, 2.05) is 32.2 Å². The monoisotopic (exact) mass is 220 g/mol. The van der Waals surface area contributed by atoms with Crippen LogP contribution in [0.2, 0.25) is 0 Å². The van der Waals surface area contributed by atoms with Crippen LogP contribution in [0.4, 0.5) is 0 Å². The highest BCUT2D eigenvalue weighted by atomic mass is 16.1. The van der Waals surface area contributed by atoms with Crippen LogP contribution in [0.3, 0.4) is 0 Å². The summed E-state index contributed by atoms with van der Waals surface area (Å²) in [6.45, 7) is 6.13. The largest absolute Gasteiger partial charge is 0.354 e. The predicted octanol–water partition coefficient (Wildman–Crippen LogP) is 2.49. The van der Waals surface area contributed by atoms with Gasteiger partial charge in [-0.05, 0) is 30.9 Å². The number of amides is 1. The minimum atomic E-state index is 0.116. The molecular weight excluding hydrogens is 200 g/mol. The third kappa shape index (κ3) is 4.01. The molecule has 0 radical (unpaired) electrons. The number of hydrogen-bond acceptors (Lipinski definition) is 2. The molecule has 16 heavy (non-hydrogen) atoms. The summed E-state index contributed by atoms with van der Waals surface area (Å²) in [7, 11) is 0. The maximum Gasteiger partial charge on any atom is 0.220 e. The van der Waals surface area contributed by atoms with Crippen LogP contribution in [0.1, 0.15) is 45.1 Å². The van der Waals surface area contributed by atoms with Gasteiger partial charge in [-0.1, -0.05) is 19.9 Å². The van der Waals surface area contributed by atoms with Gasteiger partial charge < -0.3 is 5.32 Å². The number of hydrogen-bond donors (Lipinski definition) is 1. The lowest BCUT2D eigenvalue weighted by Gasteiger charge is -2.14. The quantitative estimate of drug-likeness (QED) is 0.828. The number of nitrogens with one attached hydrogen (secondary N) is 1. The molecule has 1 aromatic heterocycles. The number of carbonyl (C=O) groups is 1. The Morgan fingerprint density at radius 1 is 1.50 bits per heavy atom. The molecule has 1 heterocycles. The molecule has 2 unspecified atom stereocenters. The molecule has 0 aliphatic rings. The van der Waals surface area contributed by atoms with Gasteiger partial charge in [-0.15, -0.1) is 0 Å². The van der Waals surface area contributed by atoms with Gasteiger partial charge in [0.25, 0.3) is 0 Å². The topological polar surface area (TPSA) is 42.0 Å². The SMILES string of the molecule is CCC(C)NC(=O)CC(C)c1cccnc1. The fourth-order valence-corrected chi connectivity index (χ4v) is 1.50. The maximum atomic E-state index is 11.7. The molecule has 1 N–H and O–H groups in total. The summed E-state index contributed by atoms with van der Waals surface area (Å²) in [4.78, 5) is 15.7. The second kappa shape index (κ2) is 6.26. The molecule has 0 fully saturated rings. The summed E-state index contributed by atoms with van der Waals surface area (Å²) >= 11 is 0. The van der Waals surface area contributed by atoms with Gasteiger partial charge in [0.1, 0.15) is 0 Å². The van der Waals surface area contributed by atoms with Crippen molar-refractivity contribution in [3.8, 4) is 0 Å². The number of aromatic nitrogens is 1. The van der Waals surface area contributed by atoms with E-state index < -0.39 is 0 Å². The number of carbonyl (C=O) groups excluding carboxylic acids is 1. The highest BCUT2D eigenvalue weighted by molar-refractivity contribution is 5.77. The van der Waals surface area contributed by atoms with Crippen molar-refractivity contribution in [2.45, 2.75) is 45.6 Å². The lowest BCUT2D eigenvalue weighted by atomic mass is 9.99. The molecule has 0 spiro atoms. The molecule has 0 aliphatic heterocycles. The molecule has 3 heteroatoms. The fraction of sp³-hybridized carbons (Fsp3) is 0.538. The fourth-order valence-electron chi connectivity index (χ4n) is 1.50. The van der Waals surface area contributed by atoms with Gasteiger partial charge in [0.05, 0.1) is 0 Å². The Hall–Kier alpha value is -1.38. The maximum absolute atomic E-state index is 11.7. The zero-order chi connectivity index (χ0) is 12.0. The van der Waals surface area contributed by atoms with Crippen LogP contribution in [-0.2, 0) is 4.79 Å². The van der Waals surface area contributed by atoms with Crippen molar-refractivity contribution in [3.63, 3.8) is 0 Å². The average Bonchev–Trinajstić information content (AvgIpc) is 2.29. The second-order valence-corrected chi connectivity index (χ2v) is 4.27. The minimum Gasteiger partial charge on any atom is -0.354 e. The standard InChI is InChI=1S/C13H20N2O/c1-4-11(3)15-13(16)8-10(2)12-6-5-7-14-9-12/h5-7,9-11H,4,8H2,1-3H3,(H,15,16). The van der Waals surface area contributed by atoms with Crippen LogP contribution in [0.25, 0.3) is 0 Å². The van der Waals surface area contributed by atoms with Gasteiger partial charge in [-0.3, -0.25) is 9.78 Å². The Labute approximate surface area is 97.3 Å². The van der Waals surface area contributed by atoms with Gasteiger partial charge in [0.2, 0.25) is 5.91 Å². The van der Waals surface area contributed by atoms with E-state index in [0.717, 1.165) is 12.0 Å². The van der Waals surface area contributed by atoms with E-state index in [4.69, 9.17) is 0 Å². The zero-order valence-electron chi connectivity index (χ0n) is 10.2. The van der Waals surface area contributed by atoms with Crippen LogP contribution >= 0.6 is 0 Å². The third-order valence-corrected chi connectivity index (χ3v) is 2.76. The normalized spacial score (nSPS) is 14.2. The van der Waals surface area contributed by atoms with Gasteiger partial charge in [0.15, 0.2) is 0 Å². The molecule has 0 saturated carbocycles. The van der Waals surface area contributed by atoms with E-state index in [-0.39, 0.29) is 17.9 Å². The smallest absolute Gasteiger partial charge is 0.220 e. The Morgan fingerprint density at radius 3 is 2.81 bits per heavy atom. The summed E-state index contributed by atoms with van der Waals surface area (Å²) in [5.41, 5.74) is 1.11. The van der Waals surface area contributed by atoms with Crippen LogP contribution in [0.15, 0.2) is 24.5 Å². The first-order valence-corrected chi connectivity index (χ1v) is 5.82. The molecule has 0 aromatic carbocycles. The first-order chi connectivity index (χ1) is 7.63. The lowest BCUT2D eigenvalue weighted by molar-refractivity contribution is -0.122. The summed E-state index contributed by atoms with van der Waals surface area (Å²) in [6.07, 6.45) is 5.06. The van der Waals surface area contributed by atoms with Crippen LogP contribution in [-0.4, -0.2) is 16.9 Å². The lowest BCUT2D eigenvalue weighted by Crippen LogP contribution is -2.32. The van der Waals surface area contributed by atoms with Crippen molar-refractivity contribution in [2.24, 2.45) is 0 Å². The Balaban J connectivity index is 2.46. The highest BCUT2D eigenvalue weighted by Gasteiger charge is 2.12. The molecule has 3 nitrogen and oxygen atoms in total. The first-order valence-electron chi connectivity index (χ1n) is 5.82. The molecule has 2 atom stereocenters. The van der Waals surface area contributed by atoms with Crippen molar-refractivity contribution >= 4 is 5.91 Å². The summed E-state index contributed by atoms with van der Waals surface area (Å²) in [6, 6.07) is 4.17. The Morgan fingerprint density at radius 2 is 2.25 bits per heavy atom. The predicted molar refractivity (Wildman–Crippen MR) is 65.2 cm³/mol. The van der Waals surface area contributed by atoms with Crippen molar-refractivity contribution in [2.75, 3.05) is 0 Å². The van der Waals surface area contributed by atoms with E-state index in [2.05, 4.69) is 17.2 Å². The summed E-state index contributed by atoms with van der Waals surface area (Å²) in [5.74, 6) is 0.337. The van der Waals surface area contributed by atoms with Crippen molar-refractivity contribution in [3.05, 3.63) is 30.1 Å². The Bertz CT molecular complexity index is 324. The van der Waals surface area contributed by atoms with Crippen molar-refractivity contribution in [1.82, 2.24) is 10.3 Å². The van der Waals surface area contributed by atoms with Gasteiger partial charge in [-0.2, -0.15) is 0 Å². The first kappa shape index (κ1) is 12.7. The van der Waals surface area contributed by atoms with Crippen LogP contribution in [0, 0.1) is 0 Å². The van der Waals surface area contributed by atoms with E-state index in [9.17, 15) is 4.79 Å².